The smallest absolute Gasteiger partial charge is 0.396 e. The molecule has 50 heavy (non-hydrogen) atoms. The summed E-state index contributed by atoms with van der Waals surface area (Å²) in [5.74, 6) is -2.63. The van der Waals surface area contributed by atoms with Crippen LogP contribution in [0.2, 0.25) is 0 Å². The van der Waals surface area contributed by atoms with Gasteiger partial charge in [-0.05, 0) is 44.7 Å². The number of likely N-dealkylation sites (tertiary alicyclic amines) is 1. The standard InChI is InChI=1S/C34H39F5N6O4S/c1-32(2,3)50(49)42-26(30(35)36)22-10-12-23(13-11-22)29-27-28(41-43(29)4)31(47)45(20-40-27)19-33(48)14-16-44(17-15-33)25(46)18-24(34(37,38)39)21-8-6-5-7-9-21/h5-13,20,24,26,30,42,48H,14-19H2,1-4H3/t24?,26-,50+/m0/s1. The molecule has 270 valence electrons. The number of aromatic nitrogens is 4. The van der Waals surface area contributed by atoms with E-state index in [9.17, 15) is 41.2 Å². The van der Waals surface area contributed by atoms with E-state index < -0.39 is 64.2 Å². The summed E-state index contributed by atoms with van der Waals surface area (Å²) in [5, 5.41) is 15.7. The van der Waals surface area contributed by atoms with Gasteiger partial charge in [0.25, 0.3) is 12.0 Å². The summed E-state index contributed by atoms with van der Waals surface area (Å²) in [6, 6.07) is 11.9. The van der Waals surface area contributed by atoms with Crippen LogP contribution in [0.5, 0.6) is 0 Å². The highest BCUT2D eigenvalue weighted by atomic mass is 32.2. The minimum absolute atomic E-state index is 0.00175. The fraction of sp³-hybridized carbons (Fsp3) is 0.471. The predicted molar refractivity (Wildman–Crippen MR) is 179 cm³/mol. The second-order valence-electron chi connectivity index (χ2n) is 13.6. The third kappa shape index (κ3) is 8.19. The number of piperidine rings is 1. The lowest BCUT2D eigenvalue weighted by Crippen LogP contribution is -2.50. The minimum atomic E-state index is -4.61. The van der Waals surface area contributed by atoms with E-state index >= 15 is 0 Å². The first kappa shape index (κ1) is 37.4. The number of nitrogens with zero attached hydrogens (tertiary/aromatic N) is 5. The van der Waals surface area contributed by atoms with Crippen molar-refractivity contribution in [3.05, 3.63) is 82.4 Å². The van der Waals surface area contributed by atoms with Gasteiger partial charge in [0.15, 0.2) is 5.52 Å². The van der Waals surface area contributed by atoms with Crippen molar-refractivity contribution in [2.75, 3.05) is 13.1 Å². The Morgan fingerprint density at radius 2 is 1.64 bits per heavy atom. The Morgan fingerprint density at radius 1 is 1.02 bits per heavy atom. The van der Waals surface area contributed by atoms with Gasteiger partial charge in [0.1, 0.15) is 16.3 Å². The third-order valence-electron chi connectivity index (χ3n) is 8.88. The summed E-state index contributed by atoms with van der Waals surface area (Å²) in [4.78, 5) is 32.2. The van der Waals surface area contributed by atoms with Crippen LogP contribution < -0.4 is 10.3 Å². The van der Waals surface area contributed by atoms with Crippen LogP contribution in [0, 0.1) is 0 Å². The largest absolute Gasteiger partial charge is 0.598 e. The van der Waals surface area contributed by atoms with Gasteiger partial charge in [-0.25, -0.2) is 13.8 Å². The van der Waals surface area contributed by atoms with Crippen LogP contribution in [0.15, 0.2) is 65.7 Å². The number of carbonyl (C=O) groups excluding carboxylic acids is 1. The number of hydrogen-bond donors (Lipinski definition) is 2. The quantitative estimate of drug-likeness (QED) is 0.169. The molecule has 3 heterocycles. The monoisotopic (exact) mass is 722 g/mol. The molecule has 4 aromatic rings. The molecule has 10 nitrogen and oxygen atoms in total. The highest BCUT2D eigenvalue weighted by molar-refractivity contribution is 7.90. The first-order chi connectivity index (χ1) is 23.4. The first-order valence-electron chi connectivity index (χ1n) is 16.0. The molecule has 16 heteroatoms. The number of benzene rings is 2. The summed E-state index contributed by atoms with van der Waals surface area (Å²) in [5.41, 5.74) is -0.484. The van der Waals surface area contributed by atoms with Crippen LogP contribution in [0.1, 0.15) is 63.1 Å². The van der Waals surface area contributed by atoms with Gasteiger partial charge in [-0.1, -0.05) is 54.6 Å². The van der Waals surface area contributed by atoms with Crippen molar-refractivity contribution >= 4 is 28.3 Å². The maximum Gasteiger partial charge on any atom is 0.396 e. The number of alkyl halides is 5. The SMILES string of the molecule is Cn1nc2c(=O)n(CC3(O)CCN(C(=O)CC(c4ccccc4)C(F)(F)F)CC3)cnc2c1-c1ccc([C@H](N[S@+]([O-])C(C)(C)C)C(F)F)cc1. The Bertz CT molecular complexity index is 1850. The number of aryl methyl sites for hydroxylation is 1. The molecule has 1 aliphatic rings. The first-order valence-corrected chi connectivity index (χ1v) is 17.1. The molecule has 3 atom stereocenters. The van der Waals surface area contributed by atoms with Gasteiger partial charge in [0, 0.05) is 43.5 Å². The van der Waals surface area contributed by atoms with Crippen molar-refractivity contribution in [2.24, 2.45) is 7.05 Å². The summed E-state index contributed by atoms with van der Waals surface area (Å²) in [7, 11) is 1.60. The molecule has 2 aromatic carbocycles. The number of carbonyl (C=O) groups is 1. The van der Waals surface area contributed by atoms with Crippen molar-refractivity contribution in [3.8, 4) is 11.3 Å². The number of halogens is 5. The lowest BCUT2D eigenvalue weighted by atomic mass is 9.90. The van der Waals surface area contributed by atoms with Gasteiger partial charge in [-0.3, -0.25) is 18.8 Å². The van der Waals surface area contributed by atoms with Gasteiger partial charge < -0.3 is 14.6 Å². The topological polar surface area (TPSA) is 128 Å². The van der Waals surface area contributed by atoms with E-state index in [-0.39, 0.29) is 54.6 Å². The maximum atomic E-state index is 13.9. The molecule has 1 saturated heterocycles. The fourth-order valence-corrected chi connectivity index (χ4v) is 6.82. The van der Waals surface area contributed by atoms with Crippen molar-refractivity contribution in [1.29, 1.82) is 0 Å². The van der Waals surface area contributed by atoms with Crippen LogP contribution in [0.3, 0.4) is 0 Å². The average molecular weight is 723 g/mol. The molecule has 0 spiro atoms. The lowest BCUT2D eigenvalue weighted by Gasteiger charge is -2.39. The Balaban J connectivity index is 1.29. The summed E-state index contributed by atoms with van der Waals surface area (Å²) in [6.45, 7) is 4.87. The number of amides is 1. The van der Waals surface area contributed by atoms with Crippen molar-refractivity contribution < 1.29 is 36.4 Å². The molecule has 0 aliphatic carbocycles. The lowest BCUT2D eigenvalue weighted by molar-refractivity contribution is -0.162. The normalized spacial score (nSPS) is 17.2. The van der Waals surface area contributed by atoms with Crippen LogP contribution in [0.25, 0.3) is 22.3 Å². The molecule has 0 bridgehead atoms. The van der Waals surface area contributed by atoms with E-state index in [0.717, 1.165) is 0 Å². The number of fused-ring (bicyclic) bond motifs is 1. The molecule has 1 amide bonds. The Kier molecular flexibility index (Phi) is 10.8. The second-order valence-corrected chi connectivity index (χ2v) is 15.6. The van der Waals surface area contributed by atoms with E-state index in [1.807, 2.05) is 0 Å². The summed E-state index contributed by atoms with van der Waals surface area (Å²) >= 11 is -1.74. The molecule has 1 fully saturated rings. The molecule has 0 radical (unpaired) electrons. The Morgan fingerprint density at radius 3 is 2.20 bits per heavy atom. The van der Waals surface area contributed by atoms with Gasteiger partial charge in [-0.2, -0.15) is 18.3 Å². The molecular weight excluding hydrogens is 683 g/mol. The number of hydrogen-bond acceptors (Lipinski definition) is 7. The molecule has 2 aromatic heterocycles. The molecule has 0 saturated carbocycles. The maximum absolute atomic E-state index is 13.9. The zero-order valence-electron chi connectivity index (χ0n) is 28.0. The number of nitrogens with one attached hydrogen (secondary N) is 1. The van der Waals surface area contributed by atoms with Gasteiger partial charge >= 0.3 is 6.18 Å². The van der Waals surface area contributed by atoms with Crippen molar-refractivity contribution in [3.63, 3.8) is 0 Å². The molecule has 2 N–H and O–H groups in total. The zero-order chi connectivity index (χ0) is 36.6. The predicted octanol–water partition coefficient (Wildman–Crippen LogP) is 5.24. The number of rotatable bonds is 10. The van der Waals surface area contributed by atoms with Crippen LogP contribution in [-0.4, -0.2) is 75.8 Å². The Hall–Kier alpha value is -3.86. The van der Waals surface area contributed by atoms with E-state index in [4.69, 9.17) is 0 Å². The molecular formula is C34H39F5N6O4S. The highest BCUT2D eigenvalue weighted by Crippen LogP contribution is 2.38. The summed E-state index contributed by atoms with van der Waals surface area (Å²) < 4.78 is 86.2. The van der Waals surface area contributed by atoms with E-state index in [0.29, 0.717) is 11.3 Å². The third-order valence-corrected chi connectivity index (χ3v) is 10.5. The molecule has 5 rings (SSSR count). The van der Waals surface area contributed by atoms with Crippen LogP contribution >= 0.6 is 0 Å². The second kappa shape index (κ2) is 14.4. The number of aliphatic hydroxyl groups is 1. The summed E-state index contributed by atoms with van der Waals surface area (Å²) in [6.07, 6.45) is -6.86. The van der Waals surface area contributed by atoms with Crippen LogP contribution in [-0.2, 0) is 29.7 Å². The van der Waals surface area contributed by atoms with E-state index in [2.05, 4.69) is 14.8 Å². The minimum Gasteiger partial charge on any atom is -0.598 e. The zero-order valence-corrected chi connectivity index (χ0v) is 28.8. The van der Waals surface area contributed by atoms with Crippen molar-refractivity contribution in [2.45, 2.75) is 81.5 Å². The highest BCUT2D eigenvalue weighted by Gasteiger charge is 2.43. The van der Waals surface area contributed by atoms with E-state index in [1.54, 1.807) is 46.0 Å². The van der Waals surface area contributed by atoms with Crippen molar-refractivity contribution in [1.82, 2.24) is 29.0 Å². The molecule has 1 unspecified atom stereocenters. The van der Waals surface area contributed by atoms with E-state index in [1.165, 1.54) is 56.9 Å². The van der Waals surface area contributed by atoms with Gasteiger partial charge in [0.05, 0.1) is 30.1 Å². The van der Waals surface area contributed by atoms with Crippen LogP contribution in [0.4, 0.5) is 22.0 Å². The fourth-order valence-electron chi connectivity index (χ4n) is 6.00. The van der Waals surface area contributed by atoms with Gasteiger partial charge in [-0.15, -0.1) is 4.72 Å². The van der Waals surface area contributed by atoms with Gasteiger partial charge in [0.2, 0.25) is 5.91 Å². The average Bonchev–Trinajstić information content (AvgIpc) is 3.39. The Labute approximate surface area is 288 Å². The molecule has 1 aliphatic heterocycles.